The van der Waals surface area contributed by atoms with Crippen molar-refractivity contribution in [1.82, 2.24) is 9.78 Å². The number of benzene rings is 2. The van der Waals surface area contributed by atoms with Gasteiger partial charge in [-0.1, -0.05) is 51.1 Å². The van der Waals surface area contributed by atoms with Gasteiger partial charge in [-0.2, -0.15) is 5.10 Å². The van der Waals surface area contributed by atoms with E-state index in [0.29, 0.717) is 12.3 Å². The summed E-state index contributed by atoms with van der Waals surface area (Å²) in [4.78, 5) is 4.62. The number of aliphatic hydroxyl groups is 1. The van der Waals surface area contributed by atoms with E-state index in [1.54, 1.807) is 0 Å². The molecule has 2 aromatic carbocycles. The third-order valence-corrected chi connectivity index (χ3v) is 4.94. The Morgan fingerprint density at radius 2 is 1.75 bits per heavy atom. The maximum atomic E-state index is 10.3. The van der Waals surface area contributed by atoms with Crippen molar-refractivity contribution in [3.05, 3.63) is 83.7 Å². The van der Waals surface area contributed by atoms with Crippen LogP contribution in [0.2, 0.25) is 0 Å². The van der Waals surface area contributed by atoms with Gasteiger partial charge < -0.3 is 9.84 Å². The highest BCUT2D eigenvalue weighted by molar-refractivity contribution is 5.95. The summed E-state index contributed by atoms with van der Waals surface area (Å²) < 4.78 is 7.45. The van der Waals surface area contributed by atoms with Crippen LogP contribution in [0.4, 0.5) is 0 Å². The van der Waals surface area contributed by atoms with Gasteiger partial charge in [0.15, 0.2) is 0 Å². The lowest BCUT2D eigenvalue weighted by molar-refractivity contribution is -0.0262. The van der Waals surface area contributed by atoms with Crippen LogP contribution in [0.1, 0.15) is 37.5 Å². The zero-order valence-corrected chi connectivity index (χ0v) is 16.4. The van der Waals surface area contributed by atoms with Crippen LogP contribution in [0.25, 0.3) is 5.69 Å². The van der Waals surface area contributed by atoms with Crippen LogP contribution in [-0.2, 0) is 16.6 Å². The molecule has 0 aliphatic carbocycles. The molecule has 2 unspecified atom stereocenters. The van der Waals surface area contributed by atoms with Crippen LogP contribution in [0.5, 0.6) is 0 Å². The third-order valence-electron chi connectivity index (χ3n) is 4.94. The van der Waals surface area contributed by atoms with Crippen LogP contribution in [-0.4, -0.2) is 33.1 Å². The maximum Gasteiger partial charge on any atom is 0.222 e. The van der Waals surface area contributed by atoms with Gasteiger partial charge in [0, 0.05) is 18.2 Å². The van der Waals surface area contributed by atoms with Gasteiger partial charge in [0.25, 0.3) is 0 Å². The van der Waals surface area contributed by atoms with E-state index in [0.717, 1.165) is 16.8 Å². The molecule has 5 heteroatoms. The molecule has 2 heterocycles. The Labute approximate surface area is 165 Å². The number of aromatic nitrogens is 2. The largest absolute Gasteiger partial charge is 0.446 e. The molecule has 1 N–H and O–H groups in total. The first kappa shape index (κ1) is 18.4. The van der Waals surface area contributed by atoms with Crippen molar-refractivity contribution in [1.29, 1.82) is 0 Å². The van der Waals surface area contributed by atoms with E-state index in [1.165, 1.54) is 5.56 Å². The SMILES string of the molecule is CC(C)(C)c1ccc(C2=NC(Cc3cnn(-c4ccccc4)c3)C(O)O2)cc1. The first-order valence-corrected chi connectivity index (χ1v) is 9.52. The van der Waals surface area contributed by atoms with Crippen molar-refractivity contribution in [2.75, 3.05) is 0 Å². The van der Waals surface area contributed by atoms with E-state index in [4.69, 9.17) is 4.74 Å². The van der Waals surface area contributed by atoms with E-state index >= 15 is 0 Å². The number of hydrogen-bond donors (Lipinski definition) is 1. The molecule has 0 radical (unpaired) electrons. The summed E-state index contributed by atoms with van der Waals surface area (Å²) >= 11 is 0. The summed E-state index contributed by atoms with van der Waals surface area (Å²) in [5.41, 5.74) is 4.23. The molecule has 28 heavy (non-hydrogen) atoms. The lowest BCUT2D eigenvalue weighted by Gasteiger charge is -2.19. The third kappa shape index (κ3) is 3.85. The van der Waals surface area contributed by atoms with Crippen molar-refractivity contribution in [2.45, 2.75) is 44.9 Å². The minimum Gasteiger partial charge on any atom is -0.446 e. The quantitative estimate of drug-likeness (QED) is 0.753. The van der Waals surface area contributed by atoms with Crippen molar-refractivity contribution < 1.29 is 9.84 Å². The number of aliphatic hydroxyl groups excluding tert-OH is 1. The predicted molar refractivity (Wildman–Crippen MR) is 110 cm³/mol. The molecule has 5 nitrogen and oxygen atoms in total. The second-order valence-corrected chi connectivity index (χ2v) is 8.17. The highest BCUT2D eigenvalue weighted by atomic mass is 16.6. The molecule has 0 amide bonds. The zero-order valence-electron chi connectivity index (χ0n) is 16.4. The highest BCUT2D eigenvalue weighted by Crippen LogP contribution is 2.25. The first-order chi connectivity index (χ1) is 13.4. The molecule has 4 rings (SSSR count). The molecule has 2 atom stereocenters. The molecule has 1 aromatic heterocycles. The summed E-state index contributed by atoms with van der Waals surface area (Å²) in [6, 6.07) is 17.8. The molecule has 0 bridgehead atoms. The van der Waals surface area contributed by atoms with E-state index in [-0.39, 0.29) is 11.5 Å². The van der Waals surface area contributed by atoms with Gasteiger partial charge in [-0.3, -0.25) is 0 Å². The molecule has 1 aliphatic heterocycles. The minimum absolute atomic E-state index is 0.0951. The molecule has 0 fully saturated rings. The Morgan fingerprint density at radius 3 is 2.43 bits per heavy atom. The van der Waals surface area contributed by atoms with Crippen molar-refractivity contribution >= 4 is 5.90 Å². The molecular formula is C23H25N3O2. The van der Waals surface area contributed by atoms with Crippen molar-refractivity contribution in [3.8, 4) is 5.69 Å². The second-order valence-electron chi connectivity index (χ2n) is 8.17. The summed E-state index contributed by atoms with van der Waals surface area (Å²) in [5.74, 6) is 0.494. The number of ether oxygens (including phenoxy) is 1. The Hall–Kier alpha value is -2.92. The van der Waals surface area contributed by atoms with E-state index in [2.05, 4.69) is 43.0 Å². The Bertz CT molecular complexity index is 969. The molecule has 0 saturated heterocycles. The van der Waals surface area contributed by atoms with Gasteiger partial charge in [0.1, 0.15) is 6.04 Å². The first-order valence-electron chi connectivity index (χ1n) is 9.52. The van der Waals surface area contributed by atoms with Crippen molar-refractivity contribution in [3.63, 3.8) is 0 Å². The lowest BCUT2D eigenvalue weighted by atomic mass is 9.87. The van der Waals surface area contributed by atoms with Crippen LogP contribution in [0, 0.1) is 0 Å². The molecular weight excluding hydrogens is 350 g/mol. The smallest absolute Gasteiger partial charge is 0.222 e. The number of hydrogen-bond acceptors (Lipinski definition) is 4. The highest BCUT2D eigenvalue weighted by Gasteiger charge is 2.30. The second kappa shape index (κ2) is 7.24. The van der Waals surface area contributed by atoms with E-state index in [1.807, 2.05) is 59.5 Å². The van der Waals surface area contributed by atoms with E-state index < -0.39 is 6.29 Å². The number of aliphatic imine (C=N–C) groups is 1. The summed E-state index contributed by atoms with van der Waals surface area (Å²) in [6.07, 6.45) is 3.40. The fraction of sp³-hybridized carbons (Fsp3) is 0.304. The van der Waals surface area contributed by atoms with Crippen LogP contribution < -0.4 is 0 Å². The number of rotatable bonds is 4. The summed E-state index contributed by atoms with van der Waals surface area (Å²) in [7, 11) is 0. The van der Waals surface area contributed by atoms with Crippen LogP contribution in [0.3, 0.4) is 0 Å². The number of nitrogens with zero attached hydrogens (tertiary/aromatic N) is 3. The molecule has 0 spiro atoms. The Balaban J connectivity index is 1.49. The topological polar surface area (TPSA) is 59.6 Å². The van der Waals surface area contributed by atoms with Gasteiger partial charge in [0.2, 0.25) is 12.2 Å². The average molecular weight is 375 g/mol. The zero-order chi connectivity index (χ0) is 19.7. The summed E-state index contributed by atoms with van der Waals surface area (Å²) in [5, 5.41) is 14.7. The van der Waals surface area contributed by atoms with Crippen LogP contribution in [0.15, 0.2) is 72.0 Å². The Morgan fingerprint density at radius 1 is 1.04 bits per heavy atom. The Kier molecular flexibility index (Phi) is 4.77. The van der Waals surface area contributed by atoms with Gasteiger partial charge in [-0.05, 0) is 40.8 Å². The molecule has 3 aromatic rings. The van der Waals surface area contributed by atoms with Crippen LogP contribution >= 0.6 is 0 Å². The minimum atomic E-state index is -0.947. The standard InChI is InChI=1S/C23H25N3O2/c1-23(2,3)18-11-9-17(10-12-18)21-25-20(22(27)28-21)13-16-14-24-26(15-16)19-7-5-4-6-8-19/h4-12,14-15,20,22,27H,13H2,1-3H3. The number of para-hydroxylation sites is 1. The fourth-order valence-electron chi connectivity index (χ4n) is 3.27. The van der Waals surface area contributed by atoms with Gasteiger partial charge in [-0.25, -0.2) is 9.67 Å². The summed E-state index contributed by atoms with van der Waals surface area (Å²) in [6.45, 7) is 6.54. The molecule has 0 saturated carbocycles. The predicted octanol–water partition coefficient (Wildman–Crippen LogP) is 3.88. The van der Waals surface area contributed by atoms with Crippen molar-refractivity contribution in [2.24, 2.45) is 4.99 Å². The van der Waals surface area contributed by atoms with Gasteiger partial charge in [-0.15, -0.1) is 0 Å². The molecule has 1 aliphatic rings. The van der Waals surface area contributed by atoms with Gasteiger partial charge in [0.05, 0.1) is 11.9 Å². The van der Waals surface area contributed by atoms with Gasteiger partial charge >= 0.3 is 0 Å². The molecule has 144 valence electrons. The van der Waals surface area contributed by atoms with E-state index in [9.17, 15) is 5.11 Å². The fourth-order valence-corrected chi connectivity index (χ4v) is 3.27. The normalized spacial score (nSPS) is 19.4. The average Bonchev–Trinajstić information content (AvgIpc) is 3.29. The lowest BCUT2D eigenvalue weighted by Crippen LogP contribution is -2.23. The monoisotopic (exact) mass is 375 g/mol. The maximum absolute atomic E-state index is 10.3.